The van der Waals surface area contributed by atoms with Crippen LogP contribution in [0.3, 0.4) is 0 Å². The Morgan fingerprint density at radius 3 is 2.58 bits per heavy atom. The topological polar surface area (TPSA) is 48.9 Å². The molecule has 0 unspecified atom stereocenters. The number of aromatic nitrogens is 2. The molecule has 0 spiro atoms. The first kappa shape index (κ1) is 7.65. The molecule has 2 rings (SSSR count). The summed E-state index contributed by atoms with van der Waals surface area (Å²) in [6.45, 7) is 1.85. The van der Waals surface area contributed by atoms with E-state index in [0.717, 1.165) is 11.5 Å². The number of hydrogen-bond acceptors (Lipinski definition) is 2. The average molecular weight is 166 g/mol. The largest absolute Gasteiger partial charge is 0.492 e. The Morgan fingerprint density at radius 2 is 2.08 bits per heavy atom. The Hall–Kier alpha value is -0.990. The van der Waals surface area contributed by atoms with Gasteiger partial charge in [-0.15, -0.1) is 0 Å². The molecule has 1 aliphatic carbocycles. The van der Waals surface area contributed by atoms with Gasteiger partial charge in [0.25, 0.3) is 0 Å². The van der Waals surface area contributed by atoms with E-state index >= 15 is 0 Å². The van der Waals surface area contributed by atoms with Gasteiger partial charge < -0.3 is 10.1 Å². The molecule has 1 aliphatic rings. The highest BCUT2D eigenvalue weighted by Gasteiger charge is 2.20. The van der Waals surface area contributed by atoms with E-state index in [1.165, 1.54) is 25.7 Å². The highest BCUT2D eigenvalue weighted by Crippen LogP contribution is 2.33. The summed E-state index contributed by atoms with van der Waals surface area (Å²) >= 11 is 0. The van der Waals surface area contributed by atoms with Crippen LogP contribution in [0.1, 0.15) is 43.1 Å². The summed E-state index contributed by atoms with van der Waals surface area (Å²) in [5.74, 6) is 1.70. The Kier molecular flexibility index (Phi) is 1.79. The van der Waals surface area contributed by atoms with Gasteiger partial charge in [0.05, 0.1) is 5.69 Å². The van der Waals surface area contributed by atoms with Crippen LogP contribution in [0.2, 0.25) is 0 Å². The molecule has 0 aliphatic heterocycles. The quantitative estimate of drug-likeness (QED) is 0.671. The van der Waals surface area contributed by atoms with Crippen LogP contribution in [0.4, 0.5) is 0 Å². The molecule has 2 N–H and O–H groups in total. The molecule has 1 aromatic heterocycles. The lowest BCUT2D eigenvalue weighted by molar-refractivity contribution is 0.450. The molecular formula is C9H14N2O. The Bertz CT molecular complexity index is 255. The fourth-order valence-corrected chi connectivity index (χ4v) is 1.87. The molecule has 3 heteroatoms. The maximum Gasteiger partial charge on any atom is 0.232 e. The van der Waals surface area contributed by atoms with Gasteiger partial charge in [-0.05, 0) is 19.8 Å². The van der Waals surface area contributed by atoms with Crippen molar-refractivity contribution in [1.82, 2.24) is 9.97 Å². The average Bonchev–Trinajstić information content (AvgIpc) is 2.61. The maximum atomic E-state index is 9.26. The third kappa shape index (κ3) is 1.19. The van der Waals surface area contributed by atoms with E-state index in [4.69, 9.17) is 0 Å². The van der Waals surface area contributed by atoms with Gasteiger partial charge in [0.15, 0.2) is 0 Å². The summed E-state index contributed by atoms with van der Waals surface area (Å²) in [6, 6.07) is 0. The minimum Gasteiger partial charge on any atom is -0.492 e. The maximum absolute atomic E-state index is 9.26. The number of hydrogen-bond donors (Lipinski definition) is 2. The third-order valence-corrected chi connectivity index (χ3v) is 2.62. The van der Waals surface area contributed by atoms with Crippen molar-refractivity contribution in [1.29, 1.82) is 0 Å². The normalized spacial score (nSPS) is 18.8. The van der Waals surface area contributed by atoms with E-state index in [2.05, 4.69) is 9.97 Å². The molecule has 1 aromatic rings. The van der Waals surface area contributed by atoms with Crippen molar-refractivity contribution in [2.45, 2.75) is 38.5 Å². The van der Waals surface area contributed by atoms with Gasteiger partial charge >= 0.3 is 0 Å². The molecule has 0 aromatic carbocycles. The number of H-pyrrole nitrogens is 1. The summed E-state index contributed by atoms with van der Waals surface area (Å²) < 4.78 is 0. The zero-order chi connectivity index (χ0) is 8.55. The van der Waals surface area contributed by atoms with Gasteiger partial charge in [-0.2, -0.15) is 4.98 Å². The monoisotopic (exact) mass is 166 g/mol. The molecule has 12 heavy (non-hydrogen) atoms. The number of nitrogens with zero attached hydrogens (tertiary/aromatic N) is 1. The van der Waals surface area contributed by atoms with E-state index in [9.17, 15) is 5.11 Å². The van der Waals surface area contributed by atoms with Gasteiger partial charge in [-0.25, -0.2) is 0 Å². The number of rotatable bonds is 1. The van der Waals surface area contributed by atoms with Crippen molar-refractivity contribution < 1.29 is 5.11 Å². The third-order valence-electron chi connectivity index (χ3n) is 2.62. The van der Waals surface area contributed by atoms with Crippen molar-refractivity contribution in [3.63, 3.8) is 0 Å². The van der Waals surface area contributed by atoms with Gasteiger partial charge in [-0.3, -0.25) is 0 Å². The van der Waals surface area contributed by atoms with Gasteiger partial charge in [0.2, 0.25) is 5.88 Å². The number of nitrogens with one attached hydrogen (secondary N) is 1. The summed E-state index contributed by atoms with van der Waals surface area (Å²) in [4.78, 5) is 7.22. The molecular weight excluding hydrogens is 152 g/mol. The van der Waals surface area contributed by atoms with Crippen LogP contribution in [0.5, 0.6) is 5.88 Å². The number of aryl methyl sites for hydroxylation is 1. The van der Waals surface area contributed by atoms with E-state index in [1.807, 2.05) is 6.92 Å². The van der Waals surface area contributed by atoms with Crippen LogP contribution in [-0.4, -0.2) is 15.1 Å². The second kappa shape index (κ2) is 2.81. The van der Waals surface area contributed by atoms with Gasteiger partial charge in [-0.1, -0.05) is 12.8 Å². The minimum atomic E-state index is 0.164. The second-order valence-electron chi connectivity index (χ2n) is 3.55. The summed E-state index contributed by atoms with van der Waals surface area (Å²) in [6.07, 6.45) is 5.02. The van der Waals surface area contributed by atoms with Crippen molar-refractivity contribution in [3.8, 4) is 5.88 Å². The van der Waals surface area contributed by atoms with Crippen LogP contribution >= 0.6 is 0 Å². The smallest absolute Gasteiger partial charge is 0.232 e. The lowest BCUT2D eigenvalue weighted by Crippen LogP contribution is -1.94. The van der Waals surface area contributed by atoms with Crippen molar-refractivity contribution in [2.24, 2.45) is 0 Å². The summed E-state index contributed by atoms with van der Waals surface area (Å²) in [7, 11) is 0. The second-order valence-corrected chi connectivity index (χ2v) is 3.55. The molecule has 1 heterocycles. The minimum absolute atomic E-state index is 0.164. The zero-order valence-electron chi connectivity index (χ0n) is 7.30. The SMILES string of the molecule is Cc1[nH]c(C2CCCC2)nc1O. The Labute approximate surface area is 71.8 Å². The van der Waals surface area contributed by atoms with E-state index in [0.29, 0.717) is 5.92 Å². The van der Waals surface area contributed by atoms with Crippen LogP contribution in [-0.2, 0) is 0 Å². The van der Waals surface area contributed by atoms with Crippen molar-refractivity contribution >= 4 is 0 Å². The summed E-state index contributed by atoms with van der Waals surface area (Å²) in [5.41, 5.74) is 0.789. The predicted octanol–water partition coefficient (Wildman–Crippen LogP) is 2.08. The molecule has 0 atom stereocenters. The van der Waals surface area contributed by atoms with Crippen molar-refractivity contribution in [2.75, 3.05) is 0 Å². The Balaban J connectivity index is 2.21. The van der Waals surface area contributed by atoms with E-state index in [-0.39, 0.29) is 5.88 Å². The van der Waals surface area contributed by atoms with Crippen LogP contribution < -0.4 is 0 Å². The highest BCUT2D eigenvalue weighted by atomic mass is 16.3. The van der Waals surface area contributed by atoms with Crippen LogP contribution in [0.15, 0.2) is 0 Å². The van der Waals surface area contributed by atoms with Gasteiger partial charge in [0.1, 0.15) is 5.82 Å². The molecule has 0 amide bonds. The first-order valence-corrected chi connectivity index (χ1v) is 4.53. The Morgan fingerprint density at radius 1 is 1.42 bits per heavy atom. The highest BCUT2D eigenvalue weighted by molar-refractivity contribution is 5.19. The molecule has 0 radical (unpaired) electrons. The van der Waals surface area contributed by atoms with E-state index in [1.54, 1.807) is 0 Å². The summed E-state index contributed by atoms with van der Waals surface area (Å²) in [5, 5.41) is 9.26. The number of aromatic hydroxyl groups is 1. The van der Waals surface area contributed by atoms with Crippen molar-refractivity contribution in [3.05, 3.63) is 11.5 Å². The molecule has 0 bridgehead atoms. The first-order chi connectivity index (χ1) is 5.77. The lowest BCUT2D eigenvalue weighted by Gasteiger charge is -2.02. The molecule has 3 nitrogen and oxygen atoms in total. The zero-order valence-corrected chi connectivity index (χ0v) is 7.30. The number of imidazole rings is 1. The standard InChI is InChI=1S/C9H14N2O/c1-6-9(12)11-8(10-6)7-4-2-3-5-7/h7,12H,2-5H2,1H3,(H,10,11). The molecule has 1 saturated carbocycles. The molecule has 0 saturated heterocycles. The number of aromatic amines is 1. The predicted molar refractivity (Wildman–Crippen MR) is 46.2 cm³/mol. The fourth-order valence-electron chi connectivity index (χ4n) is 1.87. The lowest BCUT2D eigenvalue weighted by atomic mass is 10.1. The fraction of sp³-hybridized carbons (Fsp3) is 0.667. The molecule has 1 fully saturated rings. The van der Waals surface area contributed by atoms with Crippen LogP contribution in [0, 0.1) is 6.92 Å². The van der Waals surface area contributed by atoms with Crippen LogP contribution in [0.25, 0.3) is 0 Å². The first-order valence-electron chi connectivity index (χ1n) is 4.53. The molecule has 66 valence electrons. The van der Waals surface area contributed by atoms with Gasteiger partial charge in [0, 0.05) is 5.92 Å². The van der Waals surface area contributed by atoms with E-state index < -0.39 is 0 Å².